The Labute approximate surface area is 193 Å². The second-order valence-electron chi connectivity index (χ2n) is 7.57. The molecule has 0 aliphatic rings. The molecule has 2 N–H and O–H groups in total. The van der Waals surface area contributed by atoms with Crippen molar-refractivity contribution in [3.8, 4) is 5.75 Å². The Kier molecular flexibility index (Phi) is 7.81. The van der Waals surface area contributed by atoms with Gasteiger partial charge >= 0.3 is 0 Å². The van der Waals surface area contributed by atoms with Crippen LogP contribution in [0.4, 0.5) is 5.69 Å². The van der Waals surface area contributed by atoms with E-state index < -0.39 is 16.0 Å². The Balaban J connectivity index is 1.84. The van der Waals surface area contributed by atoms with E-state index in [1.807, 2.05) is 14.1 Å². The Hall–Kier alpha value is -3.69. The smallest absolute Gasteiger partial charge is 0.288 e. The fraction of sp³-hybridized carbons (Fsp3) is 0.217. The van der Waals surface area contributed by atoms with Gasteiger partial charge in [-0.3, -0.25) is 19.7 Å². The van der Waals surface area contributed by atoms with E-state index >= 15 is 0 Å². The summed E-state index contributed by atoms with van der Waals surface area (Å²) in [5.74, 6) is 0.718. The van der Waals surface area contributed by atoms with E-state index in [2.05, 4.69) is 14.9 Å². The highest BCUT2D eigenvalue weighted by atomic mass is 35.5. The predicted molar refractivity (Wildman–Crippen MR) is 127 cm³/mol. The van der Waals surface area contributed by atoms with Crippen molar-refractivity contribution in [2.45, 2.75) is 6.42 Å². The Morgan fingerprint density at radius 2 is 1.58 bits per heavy atom. The second kappa shape index (κ2) is 10.8. The first-order valence-corrected chi connectivity index (χ1v) is 10.5. The van der Waals surface area contributed by atoms with Gasteiger partial charge in [-0.1, -0.05) is 29.8 Å². The average Bonchev–Trinajstić information content (AvgIpc) is 2.76. The van der Waals surface area contributed by atoms with Crippen molar-refractivity contribution in [2.75, 3.05) is 27.2 Å². The average molecular weight is 471 g/mol. The third kappa shape index (κ3) is 6.64. The van der Waals surface area contributed by atoms with Gasteiger partial charge in [-0.2, -0.15) is 0 Å². The number of aromatic amines is 2. The fourth-order valence-corrected chi connectivity index (χ4v) is 3.21. The van der Waals surface area contributed by atoms with Gasteiger partial charge in [0.1, 0.15) is 21.5 Å². The molecule has 0 aliphatic heterocycles. The zero-order valence-corrected chi connectivity index (χ0v) is 18.9. The largest absolute Gasteiger partial charge is 0.494 e. The Bertz CT molecular complexity index is 1380. The van der Waals surface area contributed by atoms with Crippen molar-refractivity contribution < 1.29 is 9.66 Å². The number of H-pyrrole nitrogens is 2. The molecule has 10 heteroatoms. The lowest BCUT2D eigenvalue weighted by Gasteiger charge is -2.10. The number of hydrogen-bond acceptors (Lipinski definition) is 6. The SMILES string of the molecule is CN(C)CCCOc1ccc(/C=c2\[nH]c(=O)/c(=C/c3ccc(Cl)c([N+](=O)[O-])c3)[nH]c2=O)cc1. The number of nitrogens with one attached hydrogen (secondary N) is 2. The summed E-state index contributed by atoms with van der Waals surface area (Å²) in [6.07, 6.45) is 3.80. The summed E-state index contributed by atoms with van der Waals surface area (Å²) in [7, 11) is 4.01. The van der Waals surface area contributed by atoms with Gasteiger partial charge < -0.3 is 19.6 Å². The van der Waals surface area contributed by atoms with Gasteiger partial charge in [0.25, 0.3) is 16.8 Å². The molecule has 0 saturated carbocycles. The van der Waals surface area contributed by atoms with Crippen molar-refractivity contribution in [1.29, 1.82) is 0 Å². The number of aromatic nitrogens is 2. The zero-order chi connectivity index (χ0) is 24.0. The van der Waals surface area contributed by atoms with Crippen LogP contribution in [0.15, 0.2) is 52.1 Å². The van der Waals surface area contributed by atoms with Crippen LogP contribution in [0.5, 0.6) is 5.75 Å². The molecule has 0 aliphatic carbocycles. The molecule has 2 aromatic carbocycles. The summed E-state index contributed by atoms with van der Waals surface area (Å²) in [5.41, 5.74) is -0.279. The summed E-state index contributed by atoms with van der Waals surface area (Å²) >= 11 is 5.81. The molecule has 1 heterocycles. The number of nitrogens with zero attached hydrogens (tertiary/aromatic N) is 2. The zero-order valence-electron chi connectivity index (χ0n) is 18.1. The molecule has 0 atom stereocenters. The number of nitro benzene ring substituents is 1. The van der Waals surface area contributed by atoms with Gasteiger partial charge in [-0.25, -0.2) is 0 Å². The lowest BCUT2D eigenvalue weighted by Crippen LogP contribution is -2.46. The normalized spacial score (nSPS) is 12.4. The summed E-state index contributed by atoms with van der Waals surface area (Å²) in [6, 6.07) is 11.3. The first-order valence-electron chi connectivity index (χ1n) is 10.1. The van der Waals surface area contributed by atoms with Crippen LogP contribution < -0.4 is 26.6 Å². The summed E-state index contributed by atoms with van der Waals surface area (Å²) in [5, 5.41) is 11.1. The van der Waals surface area contributed by atoms with Gasteiger partial charge in [-0.05, 0) is 62.0 Å². The molecule has 0 amide bonds. The molecular formula is C23H23ClN4O5. The van der Waals surface area contributed by atoms with Crippen LogP contribution in [0.3, 0.4) is 0 Å². The summed E-state index contributed by atoms with van der Waals surface area (Å²) in [4.78, 5) is 42.5. The van der Waals surface area contributed by atoms with Gasteiger partial charge in [0.05, 0.1) is 11.5 Å². The molecule has 172 valence electrons. The number of nitro groups is 1. The third-order valence-electron chi connectivity index (χ3n) is 4.67. The van der Waals surface area contributed by atoms with Gasteiger partial charge in [-0.15, -0.1) is 0 Å². The van der Waals surface area contributed by atoms with Crippen molar-refractivity contribution >= 4 is 29.4 Å². The Morgan fingerprint density at radius 1 is 1.00 bits per heavy atom. The Morgan fingerprint density at radius 3 is 2.15 bits per heavy atom. The summed E-state index contributed by atoms with van der Waals surface area (Å²) in [6.45, 7) is 1.54. The first kappa shape index (κ1) is 24.0. The highest BCUT2D eigenvalue weighted by Gasteiger charge is 2.12. The minimum Gasteiger partial charge on any atom is -0.494 e. The van der Waals surface area contributed by atoms with Crippen molar-refractivity contribution in [3.63, 3.8) is 0 Å². The lowest BCUT2D eigenvalue weighted by molar-refractivity contribution is -0.384. The van der Waals surface area contributed by atoms with E-state index in [1.165, 1.54) is 24.3 Å². The maximum Gasteiger partial charge on any atom is 0.288 e. The minimum atomic E-state index is -0.620. The molecule has 0 fully saturated rings. The van der Waals surface area contributed by atoms with Crippen LogP contribution in [-0.4, -0.2) is 47.0 Å². The van der Waals surface area contributed by atoms with Gasteiger partial charge in [0.15, 0.2) is 0 Å². The minimum absolute atomic E-state index is 0.0190. The second-order valence-corrected chi connectivity index (χ2v) is 7.97. The molecule has 9 nitrogen and oxygen atoms in total. The van der Waals surface area contributed by atoms with Crippen LogP contribution in [0.25, 0.3) is 12.2 Å². The maximum absolute atomic E-state index is 12.5. The molecule has 3 aromatic rings. The standard InChI is InChI=1S/C23H23ClN4O5/c1-27(2)10-3-11-33-17-7-4-15(5-8-17)12-19-22(29)26-20(23(30)25-19)13-16-6-9-18(24)21(14-16)28(31)32/h4-9,12-14H,3,10-11H2,1-2H3,(H,25,30)(H,26,29)/b19-12-,20-13-. The monoisotopic (exact) mass is 470 g/mol. The van der Waals surface area contributed by atoms with E-state index in [0.717, 1.165) is 18.7 Å². The molecule has 33 heavy (non-hydrogen) atoms. The third-order valence-corrected chi connectivity index (χ3v) is 4.99. The molecule has 1 aromatic heterocycles. The maximum atomic E-state index is 12.5. The van der Waals surface area contributed by atoms with Gasteiger partial charge in [0.2, 0.25) is 0 Å². The van der Waals surface area contributed by atoms with E-state index in [-0.39, 0.29) is 21.4 Å². The fourth-order valence-electron chi connectivity index (χ4n) is 3.02. The van der Waals surface area contributed by atoms with Gasteiger partial charge in [0, 0.05) is 12.6 Å². The van der Waals surface area contributed by atoms with Crippen molar-refractivity contribution in [3.05, 3.63) is 100 Å². The van der Waals surface area contributed by atoms with E-state index in [0.29, 0.717) is 17.7 Å². The molecule has 0 bridgehead atoms. The first-order chi connectivity index (χ1) is 15.7. The molecule has 0 spiro atoms. The topological polar surface area (TPSA) is 121 Å². The molecular weight excluding hydrogens is 448 g/mol. The number of hydrogen-bond donors (Lipinski definition) is 2. The van der Waals surface area contributed by atoms with E-state index in [1.54, 1.807) is 30.3 Å². The van der Waals surface area contributed by atoms with E-state index in [4.69, 9.17) is 16.3 Å². The van der Waals surface area contributed by atoms with Crippen LogP contribution in [-0.2, 0) is 0 Å². The number of halogens is 1. The highest BCUT2D eigenvalue weighted by Crippen LogP contribution is 2.25. The molecule has 0 radical (unpaired) electrons. The number of rotatable bonds is 8. The predicted octanol–water partition coefficient (Wildman–Crippen LogP) is 1.61. The van der Waals surface area contributed by atoms with Crippen molar-refractivity contribution in [1.82, 2.24) is 14.9 Å². The quantitative estimate of drug-likeness (QED) is 0.293. The van der Waals surface area contributed by atoms with Crippen LogP contribution >= 0.6 is 11.6 Å². The van der Waals surface area contributed by atoms with Crippen LogP contribution in [0.2, 0.25) is 5.02 Å². The number of ether oxygens (including phenoxy) is 1. The lowest BCUT2D eigenvalue weighted by atomic mass is 10.2. The number of benzene rings is 2. The molecule has 3 rings (SSSR count). The summed E-state index contributed by atoms with van der Waals surface area (Å²) < 4.78 is 5.69. The van der Waals surface area contributed by atoms with Crippen molar-refractivity contribution in [2.24, 2.45) is 0 Å². The molecule has 0 saturated heterocycles. The molecule has 0 unspecified atom stereocenters. The van der Waals surface area contributed by atoms with Crippen LogP contribution in [0.1, 0.15) is 17.5 Å². The van der Waals surface area contributed by atoms with E-state index in [9.17, 15) is 19.7 Å². The van der Waals surface area contributed by atoms with Crippen LogP contribution in [0, 0.1) is 10.1 Å². The highest BCUT2D eigenvalue weighted by molar-refractivity contribution is 6.32.